The maximum absolute atomic E-state index is 6.01. The van der Waals surface area contributed by atoms with Crippen molar-refractivity contribution in [2.24, 2.45) is 11.8 Å². The van der Waals surface area contributed by atoms with Gasteiger partial charge in [-0.3, -0.25) is 0 Å². The van der Waals surface area contributed by atoms with Crippen LogP contribution in [0.2, 0.25) is 5.15 Å². The second-order valence-corrected chi connectivity index (χ2v) is 5.79. The van der Waals surface area contributed by atoms with Crippen LogP contribution in [0.1, 0.15) is 45.4 Å². The molecule has 1 N–H and O–H groups in total. The summed E-state index contributed by atoms with van der Waals surface area (Å²) in [6, 6.07) is 1.82. The Morgan fingerprint density at radius 1 is 1.39 bits per heavy atom. The zero-order valence-electron chi connectivity index (χ0n) is 11.2. The first kappa shape index (κ1) is 13.6. The summed E-state index contributed by atoms with van der Waals surface area (Å²) in [6.45, 7) is 5.46. The highest BCUT2D eigenvalue weighted by atomic mass is 35.5. The van der Waals surface area contributed by atoms with E-state index in [0.29, 0.717) is 5.15 Å². The third-order valence-electron chi connectivity index (χ3n) is 3.59. The summed E-state index contributed by atoms with van der Waals surface area (Å²) >= 11 is 6.01. The minimum absolute atomic E-state index is 0.538. The molecule has 2 rings (SSSR count). The van der Waals surface area contributed by atoms with E-state index in [1.807, 2.05) is 6.07 Å². The third kappa shape index (κ3) is 3.84. The van der Waals surface area contributed by atoms with Crippen LogP contribution in [0.15, 0.2) is 6.07 Å². The highest BCUT2D eigenvalue weighted by Gasteiger charge is 2.20. The first-order valence-electron chi connectivity index (χ1n) is 6.94. The highest BCUT2D eigenvalue weighted by molar-refractivity contribution is 6.29. The molecule has 1 fully saturated rings. The lowest BCUT2D eigenvalue weighted by Gasteiger charge is -2.12. The molecule has 0 amide bonds. The number of rotatable bonds is 5. The lowest BCUT2D eigenvalue weighted by atomic mass is 10.1. The molecule has 2 unspecified atom stereocenters. The van der Waals surface area contributed by atoms with Gasteiger partial charge in [0.1, 0.15) is 16.8 Å². The summed E-state index contributed by atoms with van der Waals surface area (Å²) in [4.78, 5) is 8.73. The molecule has 1 saturated carbocycles. The van der Waals surface area contributed by atoms with Gasteiger partial charge in [-0.1, -0.05) is 31.9 Å². The maximum atomic E-state index is 6.01. The van der Waals surface area contributed by atoms with Crippen LogP contribution in [0, 0.1) is 11.8 Å². The van der Waals surface area contributed by atoms with Gasteiger partial charge >= 0.3 is 0 Å². The molecule has 18 heavy (non-hydrogen) atoms. The van der Waals surface area contributed by atoms with Crippen molar-refractivity contribution in [3.63, 3.8) is 0 Å². The number of aromatic nitrogens is 2. The van der Waals surface area contributed by atoms with Gasteiger partial charge in [-0.25, -0.2) is 9.97 Å². The predicted molar refractivity (Wildman–Crippen MR) is 76.0 cm³/mol. The topological polar surface area (TPSA) is 37.8 Å². The summed E-state index contributed by atoms with van der Waals surface area (Å²) in [6.07, 6.45) is 5.94. The Labute approximate surface area is 114 Å². The molecule has 1 aliphatic rings. The number of aryl methyl sites for hydroxylation is 1. The van der Waals surface area contributed by atoms with E-state index in [4.69, 9.17) is 11.6 Å². The van der Waals surface area contributed by atoms with Crippen LogP contribution in [0.4, 0.5) is 5.82 Å². The zero-order chi connectivity index (χ0) is 13.0. The Morgan fingerprint density at radius 3 is 2.89 bits per heavy atom. The number of halogens is 1. The average molecular weight is 268 g/mol. The smallest absolute Gasteiger partial charge is 0.134 e. The Bertz CT molecular complexity index is 395. The number of anilines is 1. The van der Waals surface area contributed by atoms with Gasteiger partial charge in [0.25, 0.3) is 0 Å². The van der Waals surface area contributed by atoms with E-state index in [0.717, 1.165) is 42.9 Å². The quantitative estimate of drug-likeness (QED) is 0.822. The van der Waals surface area contributed by atoms with Gasteiger partial charge in [-0.2, -0.15) is 0 Å². The second-order valence-electron chi connectivity index (χ2n) is 5.41. The van der Waals surface area contributed by atoms with Crippen LogP contribution < -0.4 is 5.32 Å². The average Bonchev–Trinajstić information content (AvgIpc) is 2.72. The molecule has 1 aromatic rings. The molecular weight excluding hydrogens is 246 g/mol. The summed E-state index contributed by atoms with van der Waals surface area (Å²) < 4.78 is 0. The van der Waals surface area contributed by atoms with Gasteiger partial charge < -0.3 is 5.32 Å². The molecule has 0 saturated heterocycles. The second kappa shape index (κ2) is 6.37. The van der Waals surface area contributed by atoms with Crippen molar-refractivity contribution in [3.05, 3.63) is 17.0 Å². The lowest BCUT2D eigenvalue weighted by molar-refractivity contribution is 0.536. The van der Waals surface area contributed by atoms with E-state index in [-0.39, 0.29) is 0 Å². The monoisotopic (exact) mass is 267 g/mol. The Morgan fingerprint density at radius 2 is 2.22 bits per heavy atom. The zero-order valence-corrected chi connectivity index (χ0v) is 12.0. The number of hydrogen-bond acceptors (Lipinski definition) is 3. The standard InChI is InChI=1S/C14H22ClN3/c1-3-4-13-17-12(15)8-14(18-13)16-9-11-6-5-10(2)7-11/h8,10-11H,3-7,9H2,1-2H3,(H,16,17,18). The van der Waals surface area contributed by atoms with Gasteiger partial charge in [0.2, 0.25) is 0 Å². The summed E-state index contributed by atoms with van der Waals surface area (Å²) in [5.74, 6) is 3.37. The van der Waals surface area contributed by atoms with Crippen LogP contribution >= 0.6 is 11.6 Å². The minimum atomic E-state index is 0.538. The molecule has 0 aromatic carbocycles. The molecule has 1 aromatic heterocycles. The molecule has 0 radical (unpaired) electrons. The van der Waals surface area contributed by atoms with Crippen LogP contribution in [0.5, 0.6) is 0 Å². The Hall–Kier alpha value is -0.830. The largest absolute Gasteiger partial charge is 0.370 e. The van der Waals surface area contributed by atoms with E-state index in [1.165, 1.54) is 19.3 Å². The van der Waals surface area contributed by atoms with E-state index < -0.39 is 0 Å². The number of hydrogen-bond donors (Lipinski definition) is 1. The Balaban J connectivity index is 1.92. The van der Waals surface area contributed by atoms with E-state index in [9.17, 15) is 0 Å². The van der Waals surface area contributed by atoms with Crippen LogP contribution in [-0.4, -0.2) is 16.5 Å². The minimum Gasteiger partial charge on any atom is -0.370 e. The van der Waals surface area contributed by atoms with Crippen molar-refractivity contribution in [1.82, 2.24) is 9.97 Å². The van der Waals surface area contributed by atoms with Crippen molar-refractivity contribution in [3.8, 4) is 0 Å². The molecular formula is C14H22ClN3. The summed E-state index contributed by atoms with van der Waals surface area (Å²) in [7, 11) is 0. The van der Waals surface area contributed by atoms with Gasteiger partial charge in [0.15, 0.2) is 0 Å². The van der Waals surface area contributed by atoms with Crippen molar-refractivity contribution in [2.75, 3.05) is 11.9 Å². The van der Waals surface area contributed by atoms with E-state index in [2.05, 4.69) is 29.1 Å². The van der Waals surface area contributed by atoms with Crippen molar-refractivity contribution in [1.29, 1.82) is 0 Å². The maximum Gasteiger partial charge on any atom is 0.134 e. The molecule has 0 aliphatic heterocycles. The summed E-state index contributed by atoms with van der Waals surface area (Å²) in [5.41, 5.74) is 0. The molecule has 0 spiro atoms. The van der Waals surface area contributed by atoms with Gasteiger partial charge in [0, 0.05) is 19.0 Å². The molecule has 2 atom stereocenters. The van der Waals surface area contributed by atoms with Crippen LogP contribution in [-0.2, 0) is 6.42 Å². The first-order chi connectivity index (χ1) is 8.67. The molecule has 1 aliphatic carbocycles. The van der Waals surface area contributed by atoms with Crippen molar-refractivity contribution >= 4 is 17.4 Å². The molecule has 3 nitrogen and oxygen atoms in total. The third-order valence-corrected chi connectivity index (χ3v) is 3.78. The van der Waals surface area contributed by atoms with Crippen LogP contribution in [0.25, 0.3) is 0 Å². The Kier molecular flexibility index (Phi) is 4.81. The predicted octanol–water partition coefficient (Wildman–Crippen LogP) is 3.93. The van der Waals surface area contributed by atoms with E-state index in [1.54, 1.807) is 0 Å². The van der Waals surface area contributed by atoms with Gasteiger partial charge in [-0.05, 0) is 31.1 Å². The molecule has 0 bridgehead atoms. The SMILES string of the molecule is CCCc1nc(Cl)cc(NCC2CCC(C)C2)n1. The van der Waals surface area contributed by atoms with Gasteiger partial charge in [-0.15, -0.1) is 0 Å². The number of nitrogens with zero attached hydrogens (tertiary/aromatic N) is 2. The van der Waals surface area contributed by atoms with Crippen molar-refractivity contribution in [2.45, 2.75) is 46.0 Å². The van der Waals surface area contributed by atoms with Crippen molar-refractivity contribution < 1.29 is 0 Å². The molecule has 1 heterocycles. The highest BCUT2D eigenvalue weighted by Crippen LogP contribution is 2.30. The fourth-order valence-corrected chi connectivity index (χ4v) is 2.85. The first-order valence-corrected chi connectivity index (χ1v) is 7.32. The molecule has 4 heteroatoms. The summed E-state index contributed by atoms with van der Waals surface area (Å²) in [5, 5.41) is 3.95. The molecule has 100 valence electrons. The normalized spacial score (nSPS) is 23.3. The fourth-order valence-electron chi connectivity index (χ4n) is 2.65. The lowest BCUT2D eigenvalue weighted by Crippen LogP contribution is -2.13. The van der Waals surface area contributed by atoms with Gasteiger partial charge in [0.05, 0.1) is 0 Å². The van der Waals surface area contributed by atoms with E-state index >= 15 is 0 Å². The fraction of sp³-hybridized carbons (Fsp3) is 0.714. The van der Waals surface area contributed by atoms with Crippen LogP contribution in [0.3, 0.4) is 0 Å². The number of nitrogens with one attached hydrogen (secondary N) is 1.